The van der Waals surface area contributed by atoms with Crippen LogP contribution in [0.5, 0.6) is 0 Å². The molecule has 1 aromatic rings. The third-order valence-corrected chi connectivity index (χ3v) is 5.17. The zero-order valence-electron chi connectivity index (χ0n) is 7.36. The van der Waals surface area contributed by atoms with Crippen molar-refractivity contribution in [3.63, 3.8) is 0 Å². The van der Waals surface area contributed by atoms with Crippen molar-refractivity contribution >= 4 is 38.9 Å². The summed E-state index contributed by atoms with van der Waals surface area (Å²) in [6.07, 6.45) is 2.44. The summed E-state index contributed by atoms with van der Waals surface area (Å²) in [6, 6.07) is 0. The van der Waals surface area contributed by atoms with E-state index in [1.165, 1.54) is 23.3 Å². The van der Waals surface area contributed by atoms with E-state index < -0.39 is 0 Å². The molecule has 0 saturated heterocycles. The normalized spacial score (nSPS) is 20.7. The molecular weight excluding hydrogens is 270 g/mol. The van der Waals surface area contributed by atoms with Crippen LogP contribution in [0.4, 0.5) is 0 Å². The minimum atomic E-state index is 0.620. The fourth-order valence-corrected chi connectivity index (χ4v) is 4.18. The molecule has 1 aliphatic carbocycles. The van der Waals surface area contributed by atoms with Crippen LogP contribution in [0.1, 0.15) is 22.8 Å². The molecule has 4 heteroatoms. The first kappa shape index (κ1) is 9.97. The minimum absolute atomic E-state index is 0.620. The number of rotatable bonds is 2. The van der Waals surface area contributed by atoms with Gasteiger partial charge in [0.05, 0.1) is 8.81 Å². The van der Waals surface area contributed by atoms with Gasteiger partial charge in [-0.15, -0.1) is 11.3 Å². The number of fused-ring (bicyclic) bond motifs is 1. The van der Waals surface area contributed by atoms with Crippen molar-refractivity contribution in [1.82, 2.24) is 5.32 Å². The number of halogens is 2. The monoisotopic (exact) mass is 279 g/mol. The van der Waals surface area contributed by atoms with E-state index in [1.807, 2.05) is 7.05 Å². The van der Waals surface area contributed by atoms with Crippen molar-refractivity contribution in [2.24, 2.45) is 0 Å². The van der Waals surface area contributed by atoms with Crippen molar-refractivity contribution in [3.8, 4) is 0 Å². The second kappa shape index (κ2) is 3.89. The standard InChI is InChI=1S/C9H11BrClNS/c1-12-4-5-2-3-6-7(5)8(11)9(10)13-6/h5,12H,2-4H2,1H3/t5-/m0/s1. The molecular formula is C9H11BrClNS. The molecule has 1 atom stereocenters. The van der Waals surface area contributed by atoms with Crippen LogP contribution < -0.4 is 5.32 Å². The van der Waals surface area contributed by atoms with Gasteiger partial charge in [0.1, 0.15) is 0 Å². The summed E-state index contributed by atoms with van der Waals surface area (Å²) < 4.78 is 1.10. The Morgan fingerprint density at radius 2 is 2.46 bits per heavy atom. The van der Waals surface area contributed by atoms with Gasteiger partial charge in [-0.2, -0.15) is 0 Å². The second-order valence-electron chi connectivity index (χ2n) is 3.32. The molecule has 0 radical (unpaired) electrons. The van der Waals surface area contributed by atoms with Crippen LogP contribution in [-0.4, -0.2) is 13.6 Å². The van der Waals surface area contributed by atoms with Gasteiger partial charge in [0.25, 0.3) is 0 Å². The number of hydrogen-bond acceptors (Lipinski definition) is 2. The zero-order chi connectivity index (χ0) is 9.42. The topological polar surface area (TPSA) is 12.0 Å². The maximum Gasteiger partial charge on any atom is 0.0890 e. The van der Waals surface area contributed by atoms with Gasteiger partial charge in [-0.05, 0) is 47.3 Å². The van der Waals surface area contributed by atoms with Gasteiger partial charge in [0, 0.05) is 11.4 Å². The summed E-state index contributed by atoms with van der Waals surface area (Å²) in [7, 11) is 1.99. The molecule has 1 aromatic heterocycles. The lowest BCUT2D eigenvalue weighted by atomic mass is 10.0. The van der Waals surface area contributed by atoms with E-state index in [4.69, 9.17) is 11.6 Å². The predicted molar refractivity (Wildman–Crippen MR) is 62.0 cm³/mol. The summed E-state index contributed by atoms with van der Waals surface area (Å²) >= 11 is 11.5. The first-order valence-electron chi connectivity index (χ1n) is 4.35. The summed E-state index contributed by atoms with van der Waals surface area (Å²) in [5, 5.41) is 4.16. The fraction of sp³-hybridized carbons (Fsp3) is 0.556. The zero-order valence-corrected chi connectivity index (χ0v) is 10.5. The van der Waals surface area contributed by atoms with Gasteiger partial charge < -0.3 is 5.32 Å². The van der Waals surface area contributed by atoms with Crippen LogP contribution >= 0.6 is 38.9 Å². The average molecular weight is 281 g/mol. The molecule has 1 heterocycles. The Bertz CT molecular complexity index is 324. The Morgan fingerprint density at radius 3 is 3.15 bits per heavy atom. The number of aryl methyl sites for hydroxylation is 1. The van der Waals surface area contributed by atoms with Crippen molar-refractivity contribution in [2.75, 3.05) is 13.6 Å². The Balaban J connectivity index is 2.34. The first-order chi connectivity index (χ1) is 6.24. The first-order valence-corrected chi connectivity index (χ1v) is 6.34. The number of thiophene rings is 1. The van der Waals surface area contributed by atoms with Crippen molar-refractivity contribution in [1.29, 1.82) is 0 Å². The third-order valence-electron chi connectivity index (χ3n) is 2.50. The van der Waals surface area contributed by atoms with Crippen LogP contribution in [0.2, 0.25) is 5.02 Å². The molecule has 1 aliphatic rings. The molecule has 0 aliphatic heterocycles. The van der Waals surface area contributed by atoms with E-state index in [-0.39, 0.29) is 0 Å². The molecule has 0 spiro atoms. The highest BCUT2D eigenvalue weighted by atomic mass is 79.9. The van der Waals surface area contributed by atoms with Crippen molar-refractivity contribution in [2.45, 2.75) is 18.8 Å². The van der Waals surface area contributed by atoms with Gasteiger partial charge in [-0.3, -0.25) is 0 Å². The number of nitrogens with one attached hydrogen (secondary N) is 1. The summed E-state index contributed by atoms with van der Waals surface area (Å²) in [5.41, 5.74) is 1.38. The lowest BCUT2D eigenvalue weighted by Gasteiger charge is -2.09. The Labute approximate surface area is 95.6 Å². The Hall–Kier alpha value is 0.430. The van der Waals surface area contributed by atoms with Crippen LogP contribution in [0.15, 0.2) is 3.79 Å². The SMILES string of the molecule is CNC[C@@H]1CCc2sc(Br)c(Cl)c21. The van der Waals surface area contributed by atoms with Crippen LogP contribution in [0, 0.1) is 0 Å². The molecule has 72 valence electrons. The quantitative estimate of drug-likeness (QED) is 0.875. The molecule has 1 N–H and O–H groups in total. The number of likely N-dealkylation sites (N-methyl/N-ethyl adjacent to an activating group) is 1. The lowest BCUT2D eigenvalue weighted by Crippen LogP contribution is -2.15. The lowest BCUT2D eigenvalue weighted by molar-refractivity contribution is 0.623. The van der Waals surface area contributed by atoms with E-state index in [0.717, 1.165) is 15.4 Å². The Morgan fingerprint density at radius 1 is 1.69 bits per heavy atom. The maximum atomic E-state index is 6.22. The van der Waals surface area contributed by atoms with Crippen molar-refractivity contribution in [3.05, 3.63) is 19.2 Å². The van der Waals surface area contributed by atoms with Crippen LogP contribution in [-0.2, 0) is 6.42 Å². The highest BCUT2D eigenvalue weighted by Gasteiger charge is 2.28. The smallest absolute Gasteiger partial charge is 0.0890 e. The van der Waals surface area contributed by atoms with Crippen LogP contribution in [0.3, 0.4) is 0 Å². The molecule has 0 unspecified atom stereocenters. The number of hydrogen-bond donors (Lipinski definition) is 1. The summed E-state index contributed by atoms with van der Waals surface area (Å²) in [4.78, 5) is 1.47. The minimum Gasteiger partial charge on any atom is -0.319 e. The van der Waals surface area contributed by atoms with E-state index >= 15 is 0 Å². The predicted octanol–water partition coefficient (Wildman–Crippen LogP) is 3.41. The third kappa shape index (κ3) is 1.67. The van der Waals surface area contributed by atoms with E-state index in [2.05, 4.69) is 21.2 Å². The summed E-state index contributed by atoms with van der Waals surface area (Å²) in [6.45, 7) is 1.04. The van der Waals surface area contributed by atoms with E-state index in [1.54, 1.807) is 11.3 Å². The largest absolute Gasteiger partial charge is 0.319 e. The molecule has 0 fully saturated rings. The van der Waals surface area contributed by atoms with Gasteiger partial charge in [-0.1, -0.05) is 11.6 Å². The van der Waals surface area contributed by atoms with Gasteiger partial charge >= 0.3 is 0 Å². The van der Waals surface area contributed by atoms with E-state index in [9.17, 15) is 0 Å². The van der Waals surface area contributed by atoms with Gasteiger partial charge in [-0.25, -0.2) is 0 Å². The second-order valence-corrected chi connectivity index (χ2v) is 6.12. The molecule has 1 nitrogen and oxygen atoms in total. The van der Waals surface area contributed by atoms with Crippen LogP contribution in [0.25, 0.3) is 0 Å². The molecule has 0 saturated carbocycles. The average Bonchev–Trinajstić information content (AvgIpc) is 2.58. The molecule has 0 amide bonds. The maximum absolute atomic E-state index is 6.22. The molecule has 2 rings (SSSR count). The highest BCUT2D eigenvalue weighted by Crippen LogP contribution is 2.46. The highest BCUT2D eigenvalue weighted by molar-refractivity contribution is 9.11. The molecule has 0 aromatic carbocycles. The van der Waals surface area contributed by atoms with Gasteiger partial charge in [0.2, 0.25) is 0 Å². The Kier molecular flexibility index (Phi) is 2.98. The van der Waals surface area contributed by atoms with Gasteiger partial charge in [0.15, 0.2) is 0 Å². The van der Waals surface area contributed by atoms with Crippen molar-refractivity contribution < 1.29 is 0 Å². The summed E-state index contributed by atoms with van der Waals surface area (Å²) in [5.74, 6) is 0.620. The molecule has 0 bridgehead atoms. The fourth-order valence-electron chi connectivity index (χ4n) is 1.93. The molecule has 13 heavy (non-hydrogen) atoms. The van der Waals surface area contributed by atoms with E-state index in [0.29, 0.717) is 5.92 Å².